The topological polar surface area (TPSA) is 74.0 Å². The van der Waals surface area contributed by atoms with Crippen molar-refractivity contribution in [2.24, 2.45) is 5.16 Å². The van der Waals surface area contributed by atoms with E-state index in [1.165, 1.54) is 0 Å². The average Bonchev–Trinajstić information content (AvgIpc) is 3.01. The maximum atomic E-state index is 11.5. The van der Waals surface area contributed by atoms with Gasteiger partial charge in [0, 0.05) is 16.1 Å². The Balaban J connectivity index is 1.93. The Morgan fingerprint density at radius 3 is 2.41 bits per heavy atom. The molecule has 6 nitrogen and oxygen atoms in total. The van der Waals surface area contributed by atoms with Gasteiger partial charge in [0.15, 0.2) is 5.71 Å². The van der Waals surface area contributed by atoms with Crippen molar-refractivity contribution in [3.63, 3.8) is 0 Å². The van der Waals surface area contributed by atoms with Crippen LogP contribution in [0.2, 0.25) is 0 Å². The van der Waals surface area contributed by atoms with Crippen molar-refractivity contribution in [2.45, 2.75) is 12.1 Å². The van der Waals surface area contributed by atoms with E-state index in [1.807, 2.05) is 18.2 Å². The first-order valence-corrected chi connectivity index (χ1v) is 6.77. The van der Waals surface area contributed by atoms with Crippen molar-refractivity contribution in [3.8, 4) is 5.75 Å². The molecule has 22 heavy (non-hydrogen) atoms. The molecule has 1 aliphatic heterocycles. The summed E-state index contributed by atoms with van der Waals surface area (Å²) in [4.78, 5) is 16.5. The molecular weight excluding hydrogens is 284 g/mol. The minimum absolute atomic E-state index is 0.321. The van der Waals surface area contributed by atoms with Crippen molar-refractivity contribution in [3.05, 3.63) is 75.8 Å². The smallest absolute Gasteiger partial charge is 0.301 e. The summed E-state index contributed by atoms with van der Waals surface area (Å²) in [6, 6.07) is 15.0. The number of ether oxygens (including phenoxy) is 1. The predicted octanol–water partition coefficient (Wildman–Crippen LogP) is 2.82. The molecule has 0 aromatic heterocycles. The van der Waals surface area contributed by atoms with E-state index < -0.39 is 12.1 Å². The van der Waals surface area contributed by atoms with Gasteiger partial charge >= 0.3 is 6.04 Å². The fraction of sp³-hybridized carbons (Fsp3) is 0.188. The van der Waals surface area contributed by atoms with Gasteiger partial charge in [-0.25, -0.2) is 0 Å². The van der Waals surface area contributed by atoms with Gasteiger partial charge in [0.05, 0.1) is 7.11 Å². The molecule has 0 spiro atoms. The molecule has 1 heterocycles. The number of rotatable bonds is 4. The van der Waals surface area contributed by atoms with Gasteiger partial charge in [0.25, 0.3) is 0 Å². The second-order valence-electron chi connectivity index (χ2n) is 4.87. The van der Waals surface area contributed by atoms with Gasteiger partial charge in [-0.2, -0.15) is 0 Å². The molecule has 2 aromatic rings. The summed E-state index contributed by atoms with van der Waals surface area (Å²) < 4.78 is 5.09. The number of benzene rings is 2. The largest absolute Gasteiger partial charge is 0.497 e. The van der Waals surface area contributed by atoms with E-state index in [1.54, 1.807) is 43.5 Å². The molecule has 2 atom stereocenters. The molecule has 0 amide bonds. The van der Waals surface area contributed by atoms with Gasteiger partial charge in [0.2, 0.25) is 6.10 Å². The van der Waals surface area contributed by atoms with E-state index in [0.717, 1.165) is 5.56 Å². The van der Waals surface area contributed by atoms with Crippen LogP contribution in [0.25, 0.3) is 0 Å². The van der Waals surface area contributed by atoms with Gasteiger partial charge in [-0.15, -0.1) is 0 Å². The van der Waals surface area contributed by atoms with Crippen molar-refractivity contribution < 1.29 is 14.5 Å². The van der Waals surface area contributed by atoms with Crippen molar-refractivity contribution in [1.29, 1.82) is 0 Å². The Morgan fingerprint density at radius 2 is 1.82 bits per heavy atom. The standard InChI is InChI=1S/C16H14N2O4/c1-21-13-9-7-11(8-10-13)14-15(18(19)20)16(22-17-14)12-5-3-2-4-6-12/h2-10,15-16H,1H3/t15-,16+/m0/s1. The van der Waals surface area contributed by atoms with Crippen LogP contribution in [-0.4, -0.2) is 23.8 Å². The van der Waals surface area contributed by atoms with E-state index >= 15 is 0 Å². The second-order valence-corrected chi connectivity index (χ2v) is 4.87. The first kappa shape index (κ1) is 14.1. The number of hydrogen-bond donors (Lipinski definition) is 0. The minimum Gasteiger partial charge on any atom is -0.497 e. The zero-order valence-electron chi connectivity index (χ0n) is 11.9. The van der Waals surface area contributed by atoms with Crippen molar-refractivity contribution in [1.82, 2.24) is 0 Å². The first-order chi connectivity index (χ1) is 10.7. The van der Waals surface area contributed by atoms with Crippen LogP contribution in [0.3, 0.4) is 0 Å². The number of oxime groups is 1. The molecule has 0 unspecified atom stereocenters. The zero-order valence-corrected chi connectivity index (χ0v) is 11.9. The van der Waals surface area contributed by atoms with Crippen LogP contribution in [0.15, 0.2) is 59.8 Å². The van der Waals surface area contributed by atoms with Crippen LogP contribution in [-0.2, 0) is 4.84 Å². The Morgan fingerprint density at radius 1 is 1.14 bits per heavy atom. The molecule has 2 aromatic carbocycles. The number of nitro groups is 1. The molecule has 0 radical (unpaired) electrons. The van der Waals surface area contributed by atoms with Crippen molar-refractivity contribution in [2.75, 3.05) is 7.11 Å². The summed E-state index contributed by atoms with van der Waals surface area (Å²) in [6.45, 7) is 0. The lowest BCUT2D eigenvalue weighted by Gasteiger charge is -2.12. The Bertz CT molecular complexity index is 698. The van der Waals surface area contributed by atoms with E-state index in [2.05, 4.69) is 5.16 Å². The first-order valence-electron chi connectivity index (χ1n) is 6.77. The van der Waals surface area contributed by atoms with Crippen LogP contribution in [0, 0.1) is 10.1 Å². The molecule has 0 saturated heterocycles. The number of nitrogens with zero attached hydrogens (tertiary/aromatic N) is 2. The van der Waals surface area contributed by atoms with Crippen molar-refractivity contribution >= 4 is 5.71 Å². The molecule has 0 N–H and O–H groups in total. The molecule has 0 bridgehead atoms. The molecule has 3 rings (SSSR count). The van der Waals surface area contributed by atoms with E-state index in [4.69, 9.17) is 9.57 Å². The summed E-state index contributed by atoms with van der Waals surface area (Å²) in [5, 5.41) is 15.5. The SMILES string of the molecule is COc1ccc(C2=NO[C@H](c3ccccc3)[C@H]2[N+](=O)[O-])cc1. The maximum Gasteiger partial charge on any atom is 0.301 e. The highest BCUT2D eigenvalue weighted by atomic mass is 16.7. The van der Waals surface area contributed by atoms with Crippen LogP contribution >= 0.6 is 0 Å². The summed E-state index contributed by atoms with van der Waals surface area (Å²) in [5.41, 5.74) is 1.71. The highest BCUT2D eigenvalue weighted by Gasteiger charge is 2.45. The number of methoxy groups -OCH3 is 1. The lowest BCUT2D eigenvalue weighted by atomic mass is 9.95. The van der Waals surface area contributed by atoms with E-state index in [0.29, 0.717) is 17.0 Å². The maximum absolute atomic E-state index is 11.5. The van der Waals surface area contributed by atoms with E-state index in [9.17, 15) is 10.1 Å². The molecule has 6 heteroatoms. The molecule has 112 valence electrons. The third-order valence-electron chi connectivity index (χ3n) is 3.57. The Labute approximate surface area is 127 Å². The lowest BCUT2D eigenvalue weighted by Crippen LogP contribution is -2.32. The van der Waals surface area contributed by atoms with Gasteiger partial charge in [-0.05, 0) is 24.3 Å². The van der Waals surface area contributed by atoms with Crippen LogP contribution in [0.5, 0.6) is 5.75 Å². The Kier molecular flexibility index (Phi) is 3.74. The molecule has 0 aliphatic carbocycles. The third-order valence-corrected chi connectivity index (χ3v) is 3.57. The third kappa shape index (κ3) is 2.50. The van der Waals surface area contributed by atoms with Crippen LogP contribution in [0.1, 0.15) is 17.2 Å². The fourth-order valence-electron chi connectivity index (χ4n) is 2.45. The van der Waals surface area contributed by atoms with Gasteiger partial charge in [-0.3, -0.25) is 10.1 Å². The predicted molar refractivity (Wildman–Crippen MR) is 80.6 cm³/mol. The summed E-state index contributed by atoms with van der Waals surface area (Å²) >= 11 is 0. The zero-order chi connectivity index (χ0) is 15.5. The van der Waals surface area contributed by atoms with E-state index in [-0.39, 0.29) is 4.92 Å². The fourth-order valence-corrected chi connectivity index (χ4v) is 2.45. The summed E-state index contributed by atoms with van der Waals surface area (Å²) in [7, 11) is 1.57. The average molecular weight is 298 g/mol. The normalized spacial score (nSPS) is 20.1. The highest BCUT2D eigenvalue weighted by molar-refractivity contribution is 6.04. The summed E-state index contributed by atoms with van der Waals surface area (Å²) in [6.07, 6.45) is -0.715. The number of hydrogen-bond acceptors (Lipinski definition) is 5. The monoisotopic (exact) mass is 298 g/mol. The minimum atomic E-state index is -1.03. The quantitative estimate of drug-likeness (QED) is 0.642. The highest BCUT2D eigenvalue weighted by Crippen LogP contribution is 2.32. The van der Waals surface area contributed by atoms with Gasteiger partial charge in [0.1, 0.15) is 5.75 Å². The molecular formula is C16H14N2O4. The molecule has 0 saturated carbocycles. The van der Waals surface area contributed by atoms with Gasteiger partial charge in [-0.1, -0.05) is 35.5 Å². The summed E-state index contributed by atoms with van der Waals surface area (Å²) in [5.74, 6) is 0.681. The van der Waals surface area contributed by atoms with Gasteiger partial charge < -0.3 is 9.57 Å². The lowest BCUT2D eigenvalue weighted by molar-refractivity contribution is -0.512. The Hall–Kier alpha value is -2.89. The van der Waals surface area contributed by atoms with Crippen LogP contribution < -0.4 is 4.74 Å². The van der Waals surface area contributed by atoms with Crippen LogP contribution in [0.4, 0.5) is 0 Å². The molecule has 0 fully saturated rings. The molecule has 1 aliphatic rings. The second kappa shape index (κ2) is 5.85.